The number of carbonyl (C=O) groups excluding carboxylic acids is 1. The Morgan fingerprint density at radius 2 is 2.00 bits per heavy atom. The van der Waals surface area contributed by atoms with Crippen LogP contribution >= 0.6 is 7.52 Å². The van der Waals surface area contributed by atoms with Gasteiger partial charge >= 0.3 is 19.2 Å². The zero-order valence-electron chi connectivity index (χ0n) is 18.7. The molecule has 0 amide bonds. The van der Waals surface area contributed by atoms with Crippen molar-refractivity contribution in [3.8, 4) is 5.75 Å². The normalized spacial score (nSPS) is 20.2. The summed E-state index contributed by atoms with van der Waals surface area (Å²) in [5, 5.41) is 2.73. The number of aryl methyl sites for hydroxylation is 1. The first kappa shape index (κ1) is 24.7. The van der Waals surface area contributed by atoms with Crippen LogP contribution in [-0.4, -0.2) is 40.6 Å². The summed E-state index contributed by atoms with van der Waals surface area (Å²) in [6.07, 6.45) is 4.71. The van der Waals surface area contributed by atoms with Crippen LogP contribution in [0.3, 0.4) is 0 Å². The van der Waals surface area contributed by atoms with Gasteiger partial charge in [0.25, 0.3) is 5.56 Å². The SMILES string of the molecule is CCOC(=O)[C@H](C)NP(=O)(CO[C@H]1C=CC(n2cc(C)c(=O)[nH]c2=O)C1)Oc1ccccc1. The summed E-state index contributed by atoms with van der Waals surface area (Å²) in [4.78, 5) is 38.1. The van der Waals surface area contributed by atoms with Crippen LogP contribution < -0.4 is 20.9 Å². The maximum absolute atomic E-state index is 13.6. The molecule has 0 saturated heterocycles. The Balaban J connectivity index is 1.69. The van der Waals surface area contributed by atoms with E-state index in [-0.39, 0.29) is 19.0 Å². The topological polar surface area (TPSA) is 129 Å². The van der Waals surface area contributed by atoms with Crippen molar-refractivity contribution < 1.29 is 23.4 Å². The van der Waals surface area contributed by atoms with Crippen molar-refractivity contribution in [1.29, 1.82) is 0 Å². The number of esters is 1. The van der Waals surface area contributed by atoms with Crippen LogP contribution in [0.5, 0.6) is 5.75 Å². The molecule has 10 nitrogen and oxygen atoms in total. The number of rotatable bonds is 10. The van der Waals surface area contributed by atoms with E-state index in [1.54, 1.807) is 56.3 Å². The van der Waals surface area contributed by atoms with Crippen molar-refractivity contribution in [3.05, 3.63) is 75.1 Å². The first-order valence-corrected chi connectivity index (χ1v) is 12.4. The molecule has 3 rings (SSSR count). The van der Waals surface area contributed by atoms with Crippen molar-refractivity contribution in [1.82, 2.24) is 14.6 Å². The first-order valence-electron chi connectivity index (χ1n) is 10.6. The monoisotopic (exact) mass is 477 g/mol. The average Bonchev–Trinajstić information content (AvgIpc) is 3.24. The van der Waals surface area contributed by atoms with Crippen molar-refractivity contribution in [2.24, 2.45) is 0 Å². The summed E-state index contributed by atoms with van der Waals surface area (Å²) in [5.41, 5.74) is -0.513. The van der Waals surface area contributed by atoms with Gasteiger partial charge in [-0.25, -0.2) is 9.88 Å². The molecule has 1 aromatic heterocycles. The number of para-hydroxylation sites is 1. The molecule has 0 saturated carbocycles. The second-order valence-electron chi connectivity index (χ2n) is 7.68. The third kappa shape index (κ3) is 6.54. The summed E-state index contributed by atoms with van der Waals surface area (Å²) in [5.74, 6) is -0.189. The molecular formula is C22H28N3O7P. The van der Waals surface area contributed by atoms with Gasteiger partial charge in [-0.2, -0.15) is 0 Å². The molecule has 0 aliphatic heterocycles. The average molecular weight is 477 g/mol. The van der Waals surface area contributed by atoms with E-state index in [0.29, 0.717) is 17.7 Å². The Morgan fingerprint density at radius 1 is 1.27 bits per heavy atom. The van der Waals surface area contributed by atoms with Gasteiger partial charge in [-0.1, -0.05) is 30.4 Å². The Kier molecular flexibility index (Phi) is 8.07. The maximum atomic E-state index is 13.6. The molecule has 178 valence electrons. The zero-order valence-corrected chi connectivity index (χ0v) is 19.6. The van der Waals surface area contributed by atoms with Crippen molar-refractivity contribution in [3.63, 3.8) is 0 Å². The number of aromatic amines is 1. The number of carbonyl (C=O) groups is 1. The van der Waals surface area contributed by atoms with E-state index in [1.165, 1.54) is 17.7 Å². The first-order chi connectivity index (χ1) is 15.7. The molecule has 1 aliphatic carbocycles. The molecule has 2 unspecified atom stereocenters. The van der Waals surface area contributed by atoms with E-state index in [9.17, 15) is 18.9 Å². The lowest BCUT2D eigenvalue weighted by atomic mass is 10.2. The van der Waals surface area contributed by atoms with Gasteiger partial charge in [0.2, 0.25) is 0 Å². The standard InChI is InChI=1S/C22H28N3O7P/c1-4-30-21(27)16(3)24-33(29,32-18-8-6-5-7-9-18)14-31-19-11-10-17(12-19)25-13-15(2)20(26)23-22(25)28/h5-11,13,16-17,19H,4,12,14H2,1-3H3,(H,24,29)(H,23,26,28)/t16-,17?,19-,33?/m0/s1. The molecule has 2 aromatic rings. The van der Waals surface area contributed by atoms with E-state index in [2.05, 4.69) is 10.1 Å². The van der Waals surface area contributed by atoms with Gasteiger partial charge in [0, 0.05) is 18.2 Å². The van der Waals surface area contributed by atoms with Crippen LogP contribution in [0.25, 0.3) is 0 Å². The molecule has 1 heterocycles. The maximum Gasteiger partial charge on any atom is 0.342 e. The van der Waals surface area contributed by atoms with Crippen LogP contribution in [0.4, 0.5) is 0 Å². The molecule has 33 heavy (non-hydrogen) atoms. The summed E-state index contributed by atoms with van der Waals surface area (Å²) in [6, 6.07) is 7.39. The minimum Gasteiger partial charge on any atom is -0.465 e. The number of aromatic nitrogens is 2. The Morgan fingerprint density at radius 3 is 2.70 bits per heavy atom. The minimum absolute atomic E-state index is 0.197. The Labute approximate surface area is 191 Å². The number of benzene rings is 1. The smallest absolute Gasteiger partial charge is 0.342 e. The fourth-order valence-corrected chi connectivity index (χ4v) is 5.09. The van der Waals surface area contributed by atoms with Crippen LogP contribution in [0.2, 0.25) is 0 Å². The summed E-state index contributed by atoms with van der Waals surface area (Å²) in [6.45, 7) is 5.04. The van der Waals surface area contributed by atoms with Gasteiger partial charge in [0.15, 0.2) is 0 Å². The second kappa shape index (κ2) is 10.8. The Hall–Kier alpha value is -2.94. The fourth-order valence-electron chi connectivity index (χ4n) is 3.36. The van der Waals surface area contributed by atoms with Gasteiger partial charge in [0.05, 0.1) is 18.8 Å². The third-order valence-electron chi connectivity index (χ3n) is 5.01. The predicted octanol–water partition coefficient (Wildman–Crippen LogP) is 2.50. The summed E-state index contributed by atoms with van der Waals surface area (Å²) in [7, 11) is -3.67. The van der Waals surface area contributed by atoms with E-state index in [4.69, 9.17) is 14.0 Å². The molecule has 0 radical (unpaired) electrons. The number of hydrogen-bond acceptors (Lipinski definition) is 7. The highest BCUT2D eigenvalue weighted by atomic mass is 31.2. The second-order valence-corrected chi connectivity index (χ2v) is 9.73. The number of nitrogens with one attached hydrogen (secondary N) is 2. The lowest BCUT2D eigenvalue weighted by Gasteiger charge is -2.24. The fraction of sp³-hybridized carbons (Fsp3) is 0.409. The summed E-state index contributed by atoms with van der Waals surface area (Å²) < 4.78 is 31.5. The molecule has 2 N–H and O–H groups in total. The zero-order chi connectivity index (χ0) is 24.0. The molecule has 4 atom stereocenters. The van der Waals surface area contributed by atoms with Crippen molar-refractivity contribution >= 4 is 13.5 Å². The van der Waals surface area contributed by atoms with Crippen LogP contribution in [-0.2, 0) is 18.8 Å². The third-order valence-corrected chi connectivity index (χ3v) is 6.79. The van der Waals surface area contributed by atoms with Gasteiger partial charge < -0.3 is 14.0 Å². The lowest BCUT2D eigenvalue weighted by molar-refractivity contribution is -0.144. The van der Waals surface area contributed by atoms with Crippen LogP contribution in [0, 0.1) is 6.92 Å². The van der Waals surface area contributed by atoms with E-state index in [0.717, 1.165) is 0 Å². The molecular weight excluding hydrogens is 449 g/mol. The molecule has 0 bridgehead atoms. The van der Waals surface area contributed by atoms with E-state index < -0.39 is 36.9 Å². The molecule has 0 spiro atoms. The molecule has 11 heteroatoms. The lowest BCUT2D eigenvalue weighted by Crippen LogP contribution is -2.36. The number of nitrogens with zero attached hydrogens (tertiary/aromatic N) is 1. The molecule has 1 aliphatic rings. The van der Waals surface area contributed by atoms with Crippen molar-refractivity contribution in [2.75, 3.05) is 13.0 Å². The van der Waals surface area contributed by atoms with Crippen molar-refractivity contribution in [2.45, 2.75) is 45.4 Å². The highest BCUT2D eigenvalue weighted by molar-refractivity contribution is 7.57. The molecule has 1 aromatic carbocycles. The quantitative estimate of drug-likeness (QED) is 0.303. The molecule has 0 fully saturated rings. The number of ether oxygens (including phenoxy) is 2. The number of allylic oxidation sites excluding steroid dienone is 1. The summed E-state index contributed by atoms with van der Waals surface area (Å²) >= 11 is 0. The minimum atomic E-state index is -3.67. The van der Waals surface area contributed by atoms with Gasteiger partial charge in [-0.05, 0) is 32.9 Å². The Bertz CT molecular complexity index is 1160. The number of hydrogen-bond donors (Lipinski definition) is 2. The predicted molar refractivity (Wildman–Crippen MR) is 123 cm³/mol. The van der Waals surface area contributed by atoms with E-state index in [1.807, 2.05) is 0 Å². The van der Waals surface area contributed by atoms with Gasteiger partial charge in [0.1, 0.15) is 18.1 Å². The van der Waals surface area contributed by atoms with Gasteiger partial charge in [-0.15, -0.1) is 0 Å². The van der Waals surface area contributed by atoms with E-state index >= 15 is 0 Å². The van der Waals surface area contributed by atoms with Gasteiger partial charge in [-0.3, -0.25) is 23.7 Å². The highest BCUT2D eigenvalue weighted by Crippen LogP contribution is 2.44. The van der Waals surface area contributed by atoms with Crippen LogP contribution in [0.15, 0.2) is 58.3 Å². The highest BCUT2D eigenvalue weighted by Gasteiger charge is 2.33. The van der Waals surface area contributed by atoms with Crippen LogP contribution in [0.1, 0.15) is 31.9 Å². The largest absolute Gasteiger partial charge is 0.465 e. The number of H-pyrrole nitrogens is 1.